The second-order valence-electron chi connectivity index (χ2n) is 10.2. The molecule has 9 nitrogen and oxygen atoms in total. The van der Waals surface area contributed by atoms with Crippen molar-refractivity contribution in [3.05, 3.63) is 35.5 Å². The highest BCUT2D eigenvalue weighted by Gasteiger charge is 2.49. The Kier molecular flexibility index (Phi) is 6.81. The number of nitrogens with zero attached hydrogens (tertiary/aromatic N) is 4. The Morgan fingerprint density at radius 2 is 1.82 bits per heavy atom. The van der Waals surface area contributed by atoms with Crippen molar-refractivity contribution in [1.29, 1.82) is 0 Å². The van der Waals surface area contributed by atoms with Crippen LogP contribution in [0.4, 0.5) is 33.5 Å². The van der Waals surface area contributed by atoms with E-state index in [2.05, 4.69) is 5.10 Å². The maximum Gasteiger partial charge on any atom is 0.417 e. The van der Waals surface area contributed by atoms with Crippen LogP contribution in [0, 0.1) is 6.92 Å². The molecule has 5 rings (SSSR count). The van der Waals surface area contributed by atoms with E-state index in [1.54, 1.807) is 17.7 Å². The molecule has 39 heavy (non-hydrogen) atoms. The first kappa shape index (κ1) is 27.6. The number of aliphatic carboxylic acids is 1. The standard InChI is InChI=1S/C24H27F5N4O5S/c1-14-8-21(33(30-14)15-4-6-38-7-5-15)32-11-17(10-19(32)22(34)35)39(36,37)20-3-2-16(9-18(20)24(27,28)29)31-12-23(25,26)13-31/h2-3,8-9,15,17,19H,4-7,10-13H2,1H3,(H,34,35)/t17-,19+/m1/s1. The molecule has 3 saturated heterocycles. The predicted octanol–water partition coefficient (Wildman–Crippen LogP) is 3.52. The molecule has 2 aromatic rings. The molecule has 1 N–H and O–H groups in total. The van der Waals surface area contributed by atoms with Crippen molar-refractivity contribution in [2.45, 2.75) is 60.5 Å². The Balaban J connectivity index is 1.49. The van der Waals surface area contributed by atoms with Gasteiger partial charge >= 0.3 is 12.1 Å². The Morgan fingerprint density at radius 1 is 1.15 bits per heavy atom. The molecule has 1 aromatic heterocycles. The summed E-state index contributed by atoms with van der Waals surface area (Å²) >= 11 is 0. The third-order valence-electron chi connectivity index (χ3n) is 7.44. The summed E-state index contributed by atoms with van der Waals surface area (Å²) < 4.78 is 103. The number of aryl methyl sites for hydroxylation is 1. The Hall–Kier alpha value is -2.94. The average Bonchev–Trinajstić information content (AvgIpc) is 3.46. The van der Waals surface area contributed by atoms with Gasteiger partial charge in [-0.1, -0.05) is 0 Å². The normalized spacial score (nSPS) is 24.2. The van der Waals surface area contributed by atoms with Gasteiger partial charge in [0.15, 0.2) is 9.84 Å². The van der Waals surface area contributed by atoms with Crippen LogP contribution in [-0.4, -0.2) is 79.3 Å². The van der Waals surface area contributed by atoms with E-state index < -0.39 is 69.2 Å². The number of carbonyl (C=O) groups is 1. The lowest BCUT2D eigenvalue weighted by molar-refractivity contribution is -0.140. The molecule has 3 aliphatic rings. The van der Waals surface area contributed by atoms with Crippen LogP contribution >= 0.6 is 0 Å². The van der Waals surface area contributed by atoms with Gasteiger partial charge in [0.2, 0.25) is 0 Å². The summed E-state index contributed by atoms with van der Waals surface area (Å²) in [4.78, 5) is 13.6. The first-order valence-electron chi connectivity index (χ1n) is 12.4. The van der Waals surface area contributed by atoms with E-state index in [0.717, 1.165) is 17.0 Å². The zero-order valence-corrected chi connectivity index (χ0v) is 21.7. The van der Waals surface area contributed by atoms with Gasteiger partial charge in [0.25, 0.3) is 5.92 Å². The molecule has 0 spiro atoms. The number of rotatable bonds is 6. The van der Waals surface area contributed by atoms with Gasteiger partial charge in [-0.15, -0.1) is 0 Å². The van der Waals surface area contributed by atoms with Gasteiger partial charge in [-0.3, -0.25) is 0 Å². The smallest absolute Gasteiger partial charge is 0.417 e. The topological polar surface area (TPSA) is 105 Å². The molecule has 0 bridgehead atoms. The molecular formula is C24H27F5N4O5S. The minimum atomic E-state index is -5.09. The Bertz CT molecular complexity index is 1370. The molecule has 214 valence electrons. The zero-order valence-electron chi connectivity index (χ0n) is 20.9. The minimum Gasteiger partial charge on any atom is -0.480 e. The lowest BCUT2D eigenvalue weighted by Gasteiger charge is -2.40. The van der Waals surface area contributed by atoms with Crippen molar-refractivity contribution in [2.24, 2.45) is 0 Å². The first-order valence-corrected chi connectivity index (χ1v) is 13.9. The van der Waals surface area contributed by atoms with Crippen molar-refractivity contribution < 1.29 is 45.0 Å². The van der Waals surface area contributed by atoms with E-state index in [9.17, 15) is 40.3 Å². The summed E-state index contributed by atoms with van der Waals surface area (Å²) in [5.41, 5.74) is -1.05. The molecular weight excluding hydrogens is 551 g/mol. The van der Waals surface area contributed by atoms with Crippen molar-refractivity contribution in [2.75, 3.05) is 42.6 Å². The van der Waals surface area contributed by atoms with E-state index in [4.69, 9.17) is 4.74 Å². The number of hydrogen-bond donors (Lipinski definition) is 1. The number of alkyl halides is 5. The van der Waals surface area contributed by atoms with Crippen LogP contribution in [0.2, 0.25) is 0 Å². The molecule has 3 aliphatic heterocycles. The van der Waals surface area contributed by atoms with Gasteiger partial charge in [-0.05, 0) is 44.4 Å². The quantitative estimate of drug-likeness (QED) is 0.520. The maximum atomic E-state index is 14.0. The minimum absolute atomic E-state index is 0.106. The molecule has 15 heteroatoms. The molecule has 3 fully saturated rings. The van der Waals surface area contributed by atoms with Gasteiger partial charge in [0, 0.05) is 31.5 Å². The molecule has 0 aliphatic carbocycles. The number of anilines is 2. The van der Waals surface area contributed by atoms with E-state index in [0.29, 0.717) is 43.6 Å². The molecule has 0 radical (unpaired) electrons. The molecule has 4 heterocycles. The number of benzene rings is 1. The van der Waals surface area contributed by atoms with Crippen LogP contribution in [0.1, 0.15) is 36.6 Å². The van der Waals surface area contributed by atoms with Crippen molar-refractivity contribution in [1.82, 2.24) is 9.78 Å². The van der Waals surface area contributed by atoms with Crippen molar-refractivity contribution >= 4 is 27.3 Å². The summed E-state index contributed by atoms with van der Waals surface area (Å²) in [5, 5.41) is 13.0. The van der Waals surface area contributed by atoms with Crippen LogP contribution in [0.25, 0.3) is 0 Å². The third kappa shape index (κ3) is 5.17. The number of carboxylic acid groups (broad SMARTS) is 1. The molecule has 2 atom stereocenters. The predicted molar refractivity (Wildman–Crippen MR) is 129 cm³/mol. The Morgan fingerprint density at radius 3 is 2.41 bits per heavy atom. The lowest BCUT2D eigenvalue weighted by Crippen LogP contribution is -2.56. The van der Waals surface area contributed by atoms with Crippen LogP contribution < -0.4 is 9.80 Å². The SMILES string of the molecule is Cc1cc(N2C[C@H](S(=O)(=O)c3ccc(N4CC(F)(F)C4)cc3C(F)(F)F)C[C@H]2C(=O)O)n(C2CCOCC2)n1. The fourth-order valence-corrected chi connectivity index (χ4v) is 7.37. The Labute approximate surface area is 221 Å². The summed E-state index contributed by atoms with van der Waals surface area (Å²) in [6, 6.07) is 2.63. The second kappa shape index (κ2) is 9.61. The van der Waals surface area contributed by atoms with Gasteiger partial charge < -0.3 is 19.6 Å². The highest BCUT2D eigenvalue weighted by atomic mass is 32.2. The summed E-state index contributed by atoms with van der Waals surface area (Å²) in [6.45, 7) is 0.778. The number of sulfone groups is 1. The van der Waals surface area contributed by atoms with Crippen LogP contribution in [-0.2, 0) is 25.5 Å². The van der Waals surface area contributed by atoms with Gasteiger partial charge in [-0.2, -0.15) is 18.3 Å². The molecule has 0 saturated carbocycles. The second-order valence-corrected chi connectivity index (χ2v) is 12.4. The highest BCUT2D eigenvalue weighted by Crippen LogP contribution is 2.42. The van der Waals surface area contributed by atoms with E-state index >= 15 is 0 Å². The van der Waals surface area contributed by atoms with E-state index in [1.165, 1.54) is 4.90 Å². The fourth-order valence-electron chi connectivity index (χ4n) is 5.48. The van der Waals surface area contributed by atoms with Crippen molar-refractivity contribution in [3.8, 4) is 0 Å². The maximum absolute atomic E-state index is 14.0. The average molecular weight is 579 g/mol. The summed E-state index contributed by atoms with van der Waals surface area (Å²) in [5.74, 6) is -3.96. The van der Waals surface area contributed by atoms with Gasteiger partial charge in [0.1, 0.15) is 11.9 Å². The highest BCUT2D eigenvalue weighted by molar-refractivity contribution is 7.92. The summed E-state index contributed by atoms with van der Waals surface area (Å²) in [6.07, 6.45) is -4.29. The van der Waals surface area contributed by atoms with Crippen LogP contribution in [0.15, 0.2) is 29.2 Å². The van der Waals surface area contributed by atoms with E-state index in [-0.39, 0.29) is 18.3 Å². The number of halogens is 5. The monoisotopic (exact) mass is 578 g/mol. The number of ether oxygens (including phenoxy) is 1. The van der Waals surface area contributed by atoms with Gasteiger partial charge in [-0.25, -0.2) is 26.7 Å². The van der Waals surface area contributed by atoms with Crippen LogP contribution in [0.5, 0.6) is 0 Å². The van der Waals surface area contributed by atoms with E-state index in [1.807, 2.05) is 0 Å². The number of carboxylic acids is 1. The largest absolute Gasteiger partial charge is 0.480 e. The lowest BCUT2D eigenvalue weighted by atomic mass is 10.1. The number of aromatic nitrogens is 2. The first-order chi connectivity index (χ1) is 18.2. The van der Waals surface area contributed by atoms with Crippen molar-refractivity contribution in [3.63, 3.8) is 0 Å². The number of hydrogen-bond acceptors (Lipinski definition) is 7. The van der Waals surface area contributed by atoms with Crippen LogP contribution in [0.3, 0.4) is 0 Å². The fraction of sp³-hybridized carbons (Fsp3) is 0.583. The third-order valence-corrected chi connectivity index (χ3v) is 9.63. The summed E-state index contributed by atoms with van der Waals surface area (Å²) in [7, 11) is -4.69. The van der Waals surface area contributed by atoms with Gasteiger partial charge in [0.05, 0.1) is 40.5 Å². The zero-order chi connectivity index (χ0) is 28.3. The molecule has 0 amide bonds. The molecule has 0 unspecified atom stereocenters. The molecule has 1 aromatic carbocycles.